The number of halogens is 3. The van der Waals surface area contributed by atoms with Crippen LogP contribution in [0.3, 0.4) is 0 Å². The zero-order valence-corrected chi connectivity index (χ0v) is 21.8. The van der Waals surface area contributed by atoms with Crippen LogP contribution in [0.4, 0.5) is 4.39 Å². The molecule has 1 aliphatic carbocycles. The lowest BCUT2D eigenvalue weighted by Gasteiger charge is -2.31. The highest BCUT2D eigenvalue weighted by molar-refractivity contribution is 9.10. The summed E-state index contributed by atoms with van der Waals surface area (Å²) in [6.07, 6.45) is 5.41. The second-order valence-electron chi connectivity index (χ2n) is 8.36. The number of rotatable bonds is 9. The van der Waals surface area contributed by atoms with Gasteiger partial charge < -0.3 is 10.2 Å². The van der Waals surface area contributed by atoms with E-state index < -0.39 is 6.04 Å². The summed E-state index contributed by atoms with van der Waals surface area (Å²) < 4.78 is 15.0. The van der Waals surface area contributed by atoms with Crippen molar-refractivity contribution in [1.29, 1.82) is 0 Å². The van der Waals surface area contributed by atoms with Crippen LogP contribution in [0.1, 0.15) is 50.2 Å². The van der Waals surface area contributed by atoms with E-state index >= 15 is 0 Å². The summed E-state index contributed by atoms with van der Waals surface area (Å²) >= 11 is 10.9. The summed E-state index contributed by atoms with van der Waals surface area (Å²) in [5.41, 5.74) is 1.32. The first kappa shape index (κ1) is 26.0. The summed E-state index contributed by atoms with van der Waals surface area (Å²) in [7, 11) is 0. The van der Waals surface area contributed by atoms with Crippen LogP contribution in [-0.4, -0.2) is 34.6 Å². The molecule has 4 nitrogen and oxygen atoms in total. The van der Waals surface area contributed by atoms with Crippen LogP contribution in [0.15, 0.2) is 46.9 Å². The van der Waals surface area contributed by atoms with Crippen LogP contribution in [0.2, 0.25) is 5.02 Å². The zero-order valence-electron chi connectivity index (χ0n) is 18.7. The molecule has 2 aromatic carbocycles. The third kappa shape index (κ3) is 7.72. The molecule has 3 rings (SSSR count). The van der Waals surface area contributed by atoms with E-state index in [0.717, 1.165) is 35.7 Å². The standard InChI is InChI=1S/C25H29BrClFN2O2S/c1-17(25(32)29-20-9-3-2-4-10-20)30(14-18-7-5-8-19(26)13-18)24(31)16-33-15-21-22(27)11-6-12-23(21)28/h5-8,11-13,17,20H,2-4,9-10,14-16H2,1H3,(H,29,32)/t17-/m0/s1. The average Bonchev–Trinajstić information content (AvgIpc) is 2.79. The Morgan fingerprint density at radius 3 is 2.64 bits per heavy atom. The number of nitrogens with one attached hydrogen (secondary N) is 1. The van der Waals surface area contributed by atoms with Crippen LogP contribution >= 0.6 is 39.3 Å². The monoisotopic (exact) mass is 554 g/mol. The van der Waals surface area contributed by atoms with Crippen molar-refractivity contribution >= 4 is 51.1 Å². The smallest absolute Gasteiger partial charge is 0.242 e. The minimum absolute atomic E-state index is 0.125. The fourth-order valence-corrected chi connectivity index (χ4v) is 5.67. The van der Waals surface area contributed by atoms with E-state index in [-0.39, 0.29) is 35.2 Å². The first-order valence-corrected chi connectivity index (χ1v) is 13.5. The van der Waals surface area contributed by atoms with Crippen LogP contribution in [0.5, 0.6) is 0 Å². The van der Waals surface area contributed by atoms with Crippen molar-refractivity contribution in [1.82, 2.24) is 10.2 Å². The van der Waals surface area contributed by atoms with Gasteiger partial charge in [0.05, 0.1) is 5.75 Å². The molecule has 0 spiro atoms. The number of amides is 2. The lowest BCUT2D eigenvalue weighted by molar-refractivity contribution is -0.139. The Kier molecular flexibility index (Phi) is 10.1. The average molecular weight is 556 g/mol. The van der Waals surface area contributed by atoms with Crippen molar-refractivity contribution < 1.29 is 14.0 Å². The minimum Gasteiger partial charge on any atom is -0.352 e. The van der Waals surface area contributed by atoms with Gasteiger partial charge in [-0.1, -0.05) is 65.0 Å². The summed E-state index contributed by atoms with van der Waals surface area (Å²) in [6.45, 7) is 2.09. The Morgan fingerprint density at radius 2 is 1.94 bits per heavy atom. The van der Waals surface area contributed by atoms with E-state index in [4.69, 9.17) is 11.6 Å². The maximum absolute atomic E-state index is 14.1. The quantitative estimate of drug-likeness (QED) is 0.393. The Balaban J connectivity index is 1.68. The Morgan fingerprint density at radius 1 is 1.21 bits per heavy atom. The van der Waals surface area contributed by atoms with Crippen molar-refractivity contribution in [3.05, 3.63) is 68.9 Å². The molecule has 2 aromatic rings. The molecule has 2 amide bonds. The van der Waals surface area contributed by atoms with Crippen molar-refractivity contribution in [2.24, 2.45) is 0 Å². The Hall–Kier alpha value is -1.57. The van der Waals surface area contributed by atoms with Gasteiger partial charge in [0, 0.05) is 33.4 Å². The molecule has 8 heteroatoms. The van der Waals surface area contributed by atoms with Crippen molar-refractivity contribution in [3.8, 4) is 0 Å². The molecule has 0 bridgehead atoms. The molecule has 0 unspecified atom stereocenters. The predicted molar refractivity (Wildman–Crippen MR) is 137 cm³/mol. The number of carbonyl (C=O) groups excluding carboxylic acids is 2. The predicted octanol–water partition coefficient (Wildman–Crippen LogP) is 6.34. The first-order chi connectivity index (χ1) is 15.8. The van der Waals surface area contributed by atoms with Gasteiger partial charge in [-0.05, 0) is 49.6 Å². The highest BCUT2D eigenvalue weighted by Crippen LogP contribution is 2.25. The molecule has 1 fully saturated rings. The molecule has 1 atom stereocenters. The second kappa shape index (κ2) is 12.8. The molecule has 1 saturated carbocycles. The van der Waals surface area contributed by atoms with Gasteiger partial charge in [0.2, 0.25) is 11.8 Å². The van der Waals surface area contributed by atoms with Crippen molar-refractivity contribution in [2.45, 2.75) is 63.4 Å². The van der Waals surface area contributed by atoms with Crippen LogP contribution in [0.25, 0.3) is 0 Å². The first-order valence-electron chi connectivity index (χ1n) is 11.2. The summed E-state index contributed by atoms with van der Waals surface area (Å²) in [5.74, 6) is -0.274. The molecular weight excluding hydrogens is 527 g/mol. The third-order valence-electron chi connectivity index (χ3n) is 5.89. The molecule has 1 N–H and O–H groups in total. The summed E-state index contributed by atoms with van der Waals surface area (Å²) in [5, 5.41) is 3.48. The zero-order chi connectivity index (χ0) is 23.8. The Labute approximate surface area is 212 Å². The molecule has 0 aromatic heterocycles. The lowest BCUT2D eigenvalue weighted by Crippen LogP contribution is -2.50. The number of benzene rings is 2. The maximum atomic E-state index is 14.1. The van der Waals surface area contributed by atoms with E-state index in [1.54, 1.807) is 24.0 Å². The molecule has 1 aliphatic rings. The lowest BCUT2D eigenvalue weighted by atomic mass is 9.95. The highest BCUT2D eigenvalue weighted by atomic mass is 79.9. The third-order valence-corrected chi connectivity index (χ3v) is 7.69. The second-order valence-corrected chi connectivity index (χ2v) is 10.7. The van der Waals surface area contributed by atoms with Gasteiger partial charge in [-0.15, -0.1) is 11.8 Å². The molecule has 178 valence electrons. The molecule has 0 aliphatic heterocycles. The highest BCUT2D eigenvalue weighted by Gasteiger charge is 2.28. The Bertz CT molecular complexity index is 951. The molecule has 33 heavy (non-hydrogen) atoms. The van der Waals surface area contributed by atoms with Gasteiger partial charge >= 0.3 is 0 Å². The van der Waals surface area contributed by atoms with E-state index in [0.29, 0.717) is 17.1 Å². The fourth-order valence-electron chi connectivity index (χ4n) is 3.98. The molecular formula is C25H29BrClFN2O2S. The number of thioether (sulfide) groups is 1. The number of nitrogens with zero attached hydrogens (tertiary/aromatic N) is 1. The van der Waals surface area contributed by atoms with Gasteiger partial charge in [0.1, 0.15) is 11.9 Å². The van der Waals surface area contributed by atoms with Crippen molar-refractivity contribution in [3.63, 3.8) is 0 Å². The molecule has 0 heterocycles. The number of carbonyl (C=O) groups is 2. The van der Waals surface area contributed by atoms with Gasteiger partial charge in [0.15, 0.2) is 0 Å². The van der Waals surface area contributed by atoms with Crippen LogP contribution < -0.4 is 5.32 Å². The normalized spacial score (nSPS) is 15.2. The van der Waals surface area contributed by atoms with E-state index in [2.05, 4.69) is 21.2 Å². The molecule has 0 saturated heterocycles. The van der Waals surface area contributed by atoms with Crippen LogP contribution in [-0.2, 0) is 21.9 Å². The summed E-state index contributed by atoms with van der Waals surface area (Å²) in [4.78, 5) is 27.8. The van der Waals surface area contributed by atoms with E-state index in [1.165, 1.54) is 24.2 Å². The van der Waals surface area contributed by atoms with Gasteiger partial charge in [-0.2, -0.15) is 0 Å². The number of hydrogen-bond acceptors (Lipinski definition) is 3. The van der Waals surface area contributed by atoms with Crippen LogP contribution in [0, 0.1) is 5.82 Å². The largest absolute Gasteiger partial charge is 0.352 e. The van der Waals surface area contributed by atoms with Gasteiger partial charge in [-0.25, -0.2) is 4.39 Å². The van der Waals surface area contributed by atoms with E-state index in [9.17, 15) is 14.0 Å². The molecule has 0 radical (unpaired) electrons. The minimum atomic E-state index is -0.615. The van der Waals surface area contributed by atoms with Crippen molar-refractivity contribution in [2.75, 3.05) is 5.75 Å². The van der Waals surface area contributed by atoms with Gasteiger partial charge in [0.25, 0.3) is 0 Å². The topological polar surface area (TPSA) is 49.4 Å². The SMILES string of the molecule is C[C@@H](C(=O)NC1CCCCC1)N(Cc1cccc(Br)c1)C(=O)CSCc1c(F)cccc1Cl. The van der Waals surface area contributed by atoms with Gasteiger partial charge in [-0.3, -0.25) is 9.59 Å². The summed E-state index contributed by atoms with van der Waals surface area (Å²) in [6, 6.07) is 11.8. The number of hydrogen-bond donors (Lipinski definition) is 1. The van der Waals surface area contributed by atoms with E-state index in [1.807, 2.05) is 24.3 Å². The fraction of sp³-hybridized carbons (Fsp3) is 0.440. The maximum Gasteiger partial charge on any atom is 0.242 e.